The molecule has 9 heteroatoms. The van der Waals surface area contributed by atoms with Gasteiger partial charge in [0.1, 0.15) is 5.69 Å². The van der Waals surface area contributed by atoms with Crippen LogP contribution in [0.3, 0.4) is 0 Å². The van der Waals surface area contributed by atoms with Crippen molar-refractivity contribution in [1.82, 2.24) is 23.8 Å². The van der Waals surface area contributed by atoms with Crippen molar-refractivity contribution in [3.8, 4) is 11.5 Å². The number of fused-ring (bicyclic) bond motifs is 1. The Hall–Kier alpha value is -2.52. The summed E-state index contributed by atoms with van der Waals surface area (Å²) in [6, 6.07) is 9.80. The Morgan fingerprint density at radius 3 is 2.42 bits per heavy atom. The second-order valence-corrected chi connectivity index (χ2v) is 8.36. The van der Waals surface area contributed by atoms with E-state index in [-0.39, 0.29) is 0 Å². The van der Waals surface area contributed by atoms with Crippen molar-refractivity contribution in [2.24, 2.45) is 7.05 Å². The highest BCUT2D eigenvalue weighted by molar-refractivity contribution is 7.88. The van der Waals surface area contributed by atoms with Gasteiger partial charge < -0.3 is 9.47 Å². The first-order chi connectivity index (χ1) is 12.4. The van der Waals surface area contributed by atoms with Crippen molar-refractivity contribution < 1.29 is 8.42 Å². The van der Waals surface area contributed by atoms with Crippen molar-refractivity contribution in [3.05, 3.63) is 36.5 Å². The van der Waals surface area contributed by atoms with Crippen LogP contribution in [0.5, 0.6) is 0 Å². The lowest BCUT2D eigenvalue weighted by atomic mass is 10.3. The smallest absolute Gasteiger partial charge is 0.226 e. The zero-order valence-electron chi connectivity index (χ0n) is 14.7. The molecule has 3 aromatic rings. The number of para-hydroxylation sites is 2. The van der Waals surface area contributed by atoms with Crippen LogP contribution in [0.1, 0.15) is 0 Å². The molecule has 0 spiro atoms. The van der Waals surface area contributed by atoms with Crippen LogP contribution in [0.2, 0.25) is 0 Å². The molecule has 3 heterocycles. The van der Waals surface area contributed by atoms with Crippen LogP contribution in [0, 0.1) is 0 Å². The molecule has 26 heavy (non-hydrogen) atoms. The zero-order chi connectivity index (χ0) is 18.3. The lowest BCUT2D eigenvalue weighted by Gasteiger charge is -2.33. The molecule has 1 saturated heterocycles. The molecule has 8 nitrogen and oxygen atoms in total. The molecule has 4 rings (SSSR count). The maximum Gasteiger partial charge on any atom is 0.226 e. The van der Waals surface area contributed by atoms with E-state index in [1.165, 1.54) is 10.6 Å². The van der Waals surface area contributed by atoms with Gasteiger partial charge in [-0.15, -0.1) is 0 Å². The topological polar surface area (TPSA) is 84.2 Å². The Morgan fingerprint density at radius 1 is 1.00 bits per heavy atom. The van der Waals surface area contributed by atoms with Gasteiger partial charge in [0.15, 0.2) is 5.82 Å². The fourth-order valence-corrected chi connectivity index (χ4v) is 4.05. The zero-order valence-corrected chi connectivity index (χ0v) is 15.5. The third-order valence-electron chi connectivity index (χ3n) is 4.65. The molecule has 0 aliphatic carbocycles. The van der Waals surface area contributed by atoms with E-state index in [4.69, 9.17) is 0 Å². The Balaban J connectivity index is 1.62. The summed E-state index contributed by atoms with van der Waals surface area (Å²) >= 11 is 0. The number of hydrogen-bond acceptors (Lipinski definition) is 6. The third kappa shape index (κ3) is 3.04. The summed E-state index contributed by atoms with van der Waals surface area (Å²) in [5.41, 5.74) is 2.72. The average molecular weight is 372 g/mol. The van der Waals surface area contributed by atoms with Crippen LogP contribution >= 0.6 is 0 Å². The SMILES string of the molecule is Cn1c(-c2ccnc(N3CCN(S(C)(=O)=O)CC3)n2)nc2ccccc21. The number of imidazole rings is 1. The number of aryl methyl sites for hydroxylation is 1. The molecule has 2 aromatic heterocycles. The fourth-order valence-electron chi connectivity index (χ4n) is 3.22. The van der Waals surface area contributed by atoms with Gasteiger partial charge in [-0.05, 0) is 18.2 Å². The minimum atomic E-state index is -3.15. The van der Waals surface area contributed by atoms with Gasteiger partial charge >= 0.3 is 0 Å². The number of rotatable bonds is 3. The van der Waals surface area contributed by atoms with Crippen LogP contribution in [-0.4, -0.2) is 64.7 Å². The summed E-state index contributed by atoms with van der Waals surface area (Å²) in [5.74, 6) is 1.38. The molecule has 0 amide bonds. The molecule has 0 saturated carbocycles. The molecule has 1 aliphatic rings. The highest BCUT2D eigenvalue weighted by Gasteiger charge is 2.25. The van der Waals surface area contributed by atoms with Gasteiger partial charge in [-0.1, -0.05) is 12.1 Å². The van der Waals surface area contributed by atoms with Crippen molar-refractivity contribution in [3.63, 3.8) is 0 Å². The lowest BCUT2D eigenvalue weighted by Crippen LogP contribution is -2.48. The summed E-state index contributed by atoms with van der Waals surface area (Å²) in [5, 5.41) is 0. The van der Waals surface area contributed by atoms with Gasteiger partial charge in [0, 0.05) is 39.4 Å². The molecule has 1 aromatic carbocycles. The van der Waals surface area contributed by atoms with E-state index in [1.807, 2.05) is 46.8 Å². The Morgan fingerprint density at radius 2 is 1.73 bits per heavy atom. The third-order valence-corrected chi connectivity index (χ3v) is 5.95. The van der Waals surface area contributed by atoms with Crippen molar-refractivity contribution in [2.45, 2.75) is 0 Å². The number of sulfonamides is 1. The van der Waals surface area contributed by atoms with Gasteiger partial charge in [0.2, 0.25) is 16.0 Å². The van der Waals surface area contributed by atoms with Crippen molar-refractivity contribution >= 4 is 27.0 Å². The lowest BCUT2D eigenvalue weighted by molar-refractivity contribution is 0.385. The minimum Gasteiger partial charge on any atom is -0.338 e. The molecule has 0 bridgehead atoms. The second kappa shape index (κ2) is 6.33. The van der Waals surface area contributed by atoms with Crippen LogP contribution in [0.25, 0.3) is 22.6 Å². The summed E-state index contributed by atoms with van der Waals surface area (Å²) in [7, 11) is -1.18. The van der Waals surface area contributed by atoms with E-state index in [0.717, 1.165) is 22.6 Å². The molecule has 0 unspecified atom stereocenters. The maximum atomic E-state index is 11.7. The Kier molecular flexibility index (Phi) is 4.12. The van der Waals surface area contributed by atoms with Crippen LogP contribution < -0.4 is 4.90 Å². The summed E-state index contributed by atoms with van der Waals surface area (Å²) in [4.78, 5) is 15.7. The number of aromatic nitrogens is 4. The minimum absolute atomic E-state index is 0.443. The van der Waals surface area contributed by atoms with Crippen LogP contribution in [0.15, 0.2) is 36.5 Å². The molecule has 136 valence electrons. The van der Waals surface area contributed by atoms with Crippen LogP contribution in [-0.2, 0) is 17.1 Å². The van der Waals surface area contributed by atoms with E-state index < -0.39 is 10.0 Å². The van der Waals surface area contributed by atoms with Gasteiger partial charge in [0.25, 0.3) is 0 Å². The molecule has 1 aliphatic heterocycles. The van der Waals surface area contributed by atoms with Gasteiger partial charge in [-0.25, -0.2) is 23.4 Å². The van der Waals surface area contributed by atoms with Gasteiger partial charge in [-0.3, -0.25) is 0 Å². The number of anilines is 1. The Labute approximate surface area is 152 Å². The van der Waals surface area contributed by atoms with E-state index in [2.05, 4.69) is 15.0 Å². The first kappa shape index (κ1) is 16.9. The monoisotopic (exact) mass is 372 g/mol. The molecular weight excluding hydrogens is 352 g/mol. The summed E-state index contributed by atoms with van der Waals surface area (Å²) in [6.07, 6.45) is 2.96. The number of benzene rings is 1. The number of hydrogen-bond donors (Lipinski definition) is 0. The average Bonchev–Trinajstić information content (AvgIpc) is 2.98. The van der Waals surface area contributed by atoms with Gasteiger partial charge in [0.05, 0.1) is 17.3 Å². The predicted octanol–water partition coefficient (Wildman–Crippen LogP) is 1.11. The van der Waals surface area contributed by atoms with Crippen molar-refractivity contribution in [1.29, 1.82) is 0 Å². The van der Waals surface area contributed by atoms with Crippen molar-refractivity contribution in [2.75, 3.05) is 37.3 Å². The van der Waals surface area contributed by atoms with E-state index >= 15 is 0 Å². The molecule has 0 N–H and O–H groups in total. The first-order valence-corrected chi connectivity index (χ1v) is 10.2. The fraction of sp³-hybridized carbons (Fsp3) is 0.353. The van der Waals surface area contributed by atoms with Gasteiger partial charge in [-0.2, -0.15) is 4.31 Å². The van der Waals surface area contributed by atoms with E-state index in [1.54, 1.807) is 6.20 Å². The molecule has 1 fully saturated rings. The predicted molar refractivity (Wildman–Crippen MR) is 100 cm³/mol. The number of nitrogens with zero attached hydrogens (tertiary/aromatic N) is 6. The van der Waals surface area contributed by atoms with E-state index in [0.29, 0.717) is 32.1 Å². The normalized spacial score (nSPS) is 16.3. The molecule has 0 radical (unpaired) electrons. The number of piperazine rings is 1. The summed E-state index contributed by atoms with van der Waals surface area (Å²) in [6.45, 7) is 2.02. The highest BCUT2D eigenvalue weighted by atomic mass is 32.2. The largest absolute Gasteiger partial charge is 0.338 e. The summed E-state index contributed by atoms with van der Waals surface area (Å²) < 4.78 is 26.8. The molecular formula is C17H20N6O2S. The highest BCUT2D eigenvalue weighted by Crippen LogP contribution is 2.23. The standard InChI is InChI=1S/C17H20N6O2S/c1-21-15-6-4-3-5-13(15)19-16(21)14-7-8-18-17(20-14)22-9-11-23(12-10-22)26(2,24)25/h3-8H,9-12H2,1-2H3. The molecule has 0 atom stereocenters. The maximum absolute atomic E-state index is 11.7. The quantitative estimate of drug-likeness (QED) is 0.685. The van der Waals surface area contributed by atoms with E-state index in [9.17, 15) is 8.42 Å². The Bertz CT molecular complexity index is 1050. The first-order valence-electron chi connectivity index (χ1n) is 8.38. The van der Waals surface area contributed by atoms with Crippen LogP contribution in [0.4, 0.5) is 5.95 Å². The second-order valence-electron chi connectivity index (χ2n) is 6.37.